The quantitative estimate of drug-likeness (QED) is 0.847. The molecule has 0 saturated carbocycles. The first-order valence-electron chi connectivity index (χ1n) is 6.94. The molecule has 1 fully saturated rings. The van der Waals surface area contributed by atoms with Gasteiger partial charge in [0, 0.05) is 32.4 Å². The first-order valence-corrected chi connectivity index (χ1v) is 6.94. The third-order valence-corrected chi connectivity index (χ3v) is 3.74. The zero-order valence-electron chi connectivity index (χ0n) is 11.9. The maximum absolute atomic E-state index is 5.26. The van der Waals surface area contributed by atoms with E-state index in [-0.39, 0.29) is 6.04 Å². The predicted molar refractivity (Wildman–Crippen MR) is 75.5 cm³/mol. The van der Waals surface area contributed by atoms with Gasteiger partial charge in [0.05, 0.1) is 6.04 Å². The average molecular weight is 273 g/mol. The van der Waals surface area contributed by atoms with Crippen LogP contribution in [0.15, 0.2) is 28.9 Å². The van der Waals surface area contributed by atoms with E-state index in [4.69, 9.17) is 4.52 Å². The van der Waals surface area contributed by atoms with Crippen LogP contribution in [0.3, 0.4) is 0 Å². The molecule has 3 rings (SSSR count). The molecule has 3 heterocycles. The number of rotatable bonds is 3. The van der Waals surface area contributed by atoms with Crippen LogP contribution in [0.5, 0.6) is 0 Å². The SMILES string of the molecule is Cc1noc([C@H](C)N2CCN(c3ccccn3)CC2)n1. The third kappa shape index (κ3) is 2.65. The third-order valence-electron chi connectivity index (χ3n) is 3.74. The number of anilines is 1. The Morgan fingerprint density at radius 1 is 1.20 bits per heavy atom. The lowest BCUT2D eigenvalue weighted by Crippen LogP contribution is -2.47. The van der Waals surface area contributed by atoms with E-state index < -0.39 is 0 Å². The van der Waals surface area contributed by atoms with Gasteiger partial charge in [0.2, 0.25) is 5.89 Å². The second-order valence-corrected chi connectivity index (χ2v) is 5.07. The van der Waals surface area contributed by atoms with Crippen molar-refractivity contribution in [3.05, 3.63) is 36.1 Å². The number of aryl methyl sites for hydroxylation is 1. The molecule has 0 unspecified atom stereocenters. The van der Waals surface area contributed by atoms with Gasteiger partial charge in [0.1, 0.15) is 5.82 Å². The van der Waals surface area contributed by atoms with Crippen molar-refractivity contribution in [2.75, 3.05) is 31.1 Å². The minimum absolute atomic E-state index is 0.169. The molecule has 0 radical (unpaired) electrons. The Kier molecular flexibility index (Phi) is 3.64. The standard InChI is InChI=1S/C14H19N5O/c1-11(14-16-12(2)17-20-14)18-7-9-19(10-8-18)13-5-3-4-6-15-13/h3-6,11H,7-10H2,1-2H3/t11-/m0/s1. The van der Waals surface area contributed by atoms with Gasteiger partial charge in [-0.05, 0) is 26.0 Å². The molecule has 2 aromatic rings. The van der Waals surface area contributed by atoms with Crippen molar-refractivity contribution in [3.63, 3.8) is 0 Å². The number of piperazine rings is 1. The maximum Gasteiger partial charge on any atom is 0.243 e. The first kappa shape index (κ1) is 13.1. The fourth-order valence-electron chi connectivity index (χ4n) is 2.52. The summed E-state index contributed by atoms with van der Waals surface area (Å²) in [6, 6.07) is 6.20. The molecule has 0 aromatic carbocycles. The highest BCUT2D eigenvalue weighted by atomic mass is 16.5. The van der Waals surface area contributed by atoms with Gasteiger partial charge >= 0.3 is 0 Å². The maximum atomic E-state index is 5.26. The number of hydrogen-bond acceptors (Lipinski definition) is 6. The highest BCUT2D eigenvalue weighted by molar-refractivity contribution is 5.38. The van der Waals surface area contributed by atoms with E-state index in [0.717, 1.165) is 32.0 Å². The van der Waals surface area contributed by atoms with Crippen LogP contribution in [0.25, 0.3) is 0 Å². The van der Waals surface area contributed by atoms with Crippen molar-refractivity contribution in [1.82, 2.24) is 20.0 Å². The van der Waals surface area contributed by atoms with Crippen molar-refractivity contribution in [2.45, 2.75) is 19.9 Å². The summed E-state index contributed by atoms with van der Waals surface area (Å²) in [6.07, 6.45) is 1.84. The van der Waals surface area contributed by atoms with E-state index in [2.05, 4.69) is 37.9 Å². The Labute approximate surface area is 118 Å². The molecule has 1 aliphatic heterocycles. The lowest BCUT2D eigenvalue weighted by molar-refractivity contribution is 0.164. The van der Waals surface area contributed by atoms with E-state index >= 15 is 0 Å². The molecular weight excluding hydrogens is 254 g/mol. The Hall–Kier alpha value is -1.95. The molecule has 0 bridgehead atoms. The summed E-state index contributed by atoms with van der Waals surface area (Å²) >= 11 is 0. The molecule has 20 heavy (non-hydrogen) atoms. The van der Waals surface area contributed by atoms with Crippen LogP contribution in [0.1, 0.15) is 24.7 Å². The Balaban J connectivity index is 1.61. The summed E-state index contributed by atoms with van der Waals surface area (Å²) in [6.45, 7) is 7.84. The molecule has 106 valence electrons. The van der Waals surface area contributed by atoms with Gasteiger partial charge in [-0.3, -0.25) is 4.90 Å². The van der Waals surface area contributed by atoms with Crippen molar-refractivity contribution in [2.24, 2.45) is 0 Å². The van der Waals surface area contributed by atoms with Crippen molar-refractivity contribution >= 4 is 5.82 Å². The molecule has 6 nitrogen and oxygen atoms in total. The zero-order chi connectivity index (χ0) is 13.9. The topological polar surface area (TPSA) is 58.3 Å². The summed E-state index contributed by atoms with van der Waals surface area (Å²) in [5, 5.41) is 3.86. The van der Waals surface area contributed by atoms with Crippen LogP contribution in [0.4, 0.5) is 5.82 Å². The van der Waals surface area contributed by atoms with Crippen LogP contribution in [-0.2, 0) is 0 Å². The second-order valence-electron chi connectivity index (χ2n) is 5.07. The molecule has 2 aromatic heterocycles. The molecule has 1 atom stereocenters. The number of pyridine rings is 1. The van der Waals surface area contributed by atoms with Crippen molar-refractivity contribution in [3.8, 4) is 0 Å². The van der Waals surface area contributed by atoms with E-state index in [1.165, 1.54) is 0 Å². The molecular formula is C14H19N5O. The minimum atomic E-state index is 0.169. The van der Waals surface area contributed by atoms with E-state index in [9.17, 15) is 0 Å². The van der Waals surface area contributed by atoms with Crippen molar-refractivity contribution < 1.29 is 4.52 Å². The highest BCUT2D eigenvalue weighted by Crippen LogP contribution is 2.21. The normalized spacial score (nSPS) is 18.2. The first-order chi connectivity index (χ1) is 9.74. The van der Waals surface area contributed by atoms with E-state index in [1.54, 1.807) is 0 Å². The van der Waals surface area contributed by atoms with Gasteiger partial charge in [-0.15, -0.1) is 0 Å². The molecule has 0 aliphatic carbocycles. The minimum Gasteiger partial charge on any atom is -0.354 e. The van der Waals surface area contributed by atoms with Gasteiger partial charge in [-0.1, -0.05) is 11.2 Å². The molecule has 0 spiro atoms. The highest BCUT2D eigenvalue weighted by Gasteiger charge is 2.25. The van der Waals surface area contributed by atoms with Crippen LogP contribution in [0.2, 0.25) is 0 Å². The Morgan fingerprint density at radius 3 is 2.60 bits per heavy atom. The summed E-state index contributed by atoms with van der Waals surface area (Å²) in [5.41, 5.74) is 0. The average Bonchev–Trinajstić information content (AvgIpc) is 2.94. The Bertz CT molecular complexity index is 548. The second kappa shape index (κ2) is 5.58. The van der Waals surface area contributed by atoms with Gasteiger partial charge < -0.3 is 9.42 Å². The predicted octanol–water partition coefficient (Wildman–Crippen LogP) is 1.66. The number of hydrogen-bond donors (Lipinski definition) is 0. The summed E-state index contributed by atoms with van der Waals surface area (Å²) in [4.78, 5) is 13.4. The lowest BCUT2D eigenvalue weighted by atomic mass is 10.2. The zero-order valence-corrected chi connectivity index (χ0v) is 11.9. The largest absolute Gasteiger partial charge is 0.354 e. The smallest absolute Gasteiger partial charge is 0.243 e. The van der Waals surface area contributed by atoms with E-state index in [1.807, 2.05) is 25.3 Å². The number of nitrogens with zero attached hydrogens (tertiary/aromatic N) is 5. The monoisotopic (exact) mass is 273 g/mol. The molecule has 0 N–H and O–H groups in total. The van der Waals surface area contributed by atoms with Gasteiger partial charge in [-0.2, -0.15) is 4.98 Å². The fraction of sp³-hybridized carbons (Fsp3) is 0.500. The van der Waals surface area contributed by atoms with Gasteiger partial charge in [-0.25, -0.2) is 4.98 Å². The summed E-state index contributed by atoms with van der Waals surface area (Å²) in [7, 11) is 0. The van der Waals surface area contributed by atoms with Gasteiger partial charge in [0.25, 0.3) is 0 Å². The van der Waals surface area contributed by atoms with Crippen LogP contribution >= 0.6 is 0 Å². The molecule has 0 amide bonds. The lowest BCUT2D eigenvalue weighted by Gasteiger charge is -2.37. The fourth-order valence-corrected chi connectivity index (χ4v) is 2.52. The Morgan fingerprint density at radius 2 is 2.00 bits per heavy atom. The summed E-state index contributed by atoms with van der Waals surface area (Å²) < 4.78 is 5.26. The molecule has 1 saturated heterocycles. The van der Waals surface area contributed by atoms with Crippen molar-refractivity contribution in [1.29, 1.82) is 0 Å². The summed E-state index contributed by atoms with van der Waals surface area (Å²) in [5.74, 6) is 2.45. The number of aromatic nitrogens is 3. The van der Waals surface area contributed by atoms with Crippen LogP contribution in [0, 0.1) is 6.92 Å². The molecule has 6 heteroatoms. The molecule has 1 aliphatic rings. The van der Waals surface area contributed by atoms with E-state index in [0.29, 0.717) is 11.7 Å². The van der Waals surface area contributed by atoms with Gasteiger partial charge in [0.15, 0.2) is 5.82 Å². The van der Waals surface area contributed by atoms with Crippen LogP contribution < -0.4 is 4.90 Å². The van der Waals surface area contributed by atoms with Crippen LogP contribution in [-0.4, -0.2) is 46.2 Å².